The number of rotatable bonds is 3. The third-order valence-corrected chi connectivity index (χ3v) is 10.3. The Morgan fingerprint density at radius 1 is 0.524 bits per heavy atom. The van der Waals surface area contributed by atoms with E-state index in [1.54, 1.807) is 24.7 Å². The van der Waals surface area contributed by atoms with Crippen LogP contribution in [0.25, 0.3) is 22.3 Å². The predicted octanol–water partition coefficient (Wildman–Crippen LogP) is 4.53. The Balaban J connectivity index is 0.00000202. The van der Waals surface area contributed by atoms with Crippen molar-refractivity contribution in [3.63, 3.8) is 0 Å². The van der Waals surface area contributed by atoms with E-state index in [-0.39, 0.29) is 41.6 Å². The summed E-state index contributed by atoms with van der Waals surface area (Å²) >= 11 is 1.55. The van der Waals surface area contributed by atoms with E-state index in [4.69, 9.17) is 0 Å². The van der Waals surface area contributed by atoms with Gasteiger partial charge in [0.1, 0.15) is 0 Å². The van der Waals surface area contributed by atoms with Crippen LogP contribution in [0.5, 0.6) is 0 Å². The molecular formula is C39H39Cl2Zr. The van der Waals surface area contributed by atoms with Crippen LogP contribution in [-0.2, 0) is 35.5 Å². The fourth-order valence-electron chi connectivity index (χ4n) is 6.64. The second kappa shape index (κ2) is 12.1. The summed E-state index contributed by atoms with van der Waals surface area (Å²) in [6, 6.07) is 36.9. The first-order chi connectivity index (χ1) is 19.0. The van der Waals surface area contributed by atoms with Crippen LogP contribution in [0.1, 0.15) is 103 Å². The zero-order valence-corrected chi connectivity index (χ0v) is 29.6. The first-order valence-electron chi connectivity index (χ1n) is 14.5. The summed E-state index contributed by atoms with van der Waals surface area (Å²) < 4.78 is 0.409. The monoisotopic (exact) mass is 667 g/mol. The first kappa shape index (κ1) is 32.7. The van der Waals surface area contributed by atoms with Crippen molar-refractivity contribution in [2.24, 2.45) is 0 Å². The van der Waals surface area contributed by atoms with Gasteiger partial charge in [-0.1, -0.05) is 0 Å². The Hall–Kier alpha value is -2.18. The Morgan fingerprint density at radius 2 is 1.02 bits per heavy atom. The predicted molar refractivity (Wildman–Crippen MR) is 168 cm³/mol. The minimum atomic E-state index is 0. The van der Waals surface area contributed by atoms with Gasteiger partial charge in [-0.25, -0.2) is 0 Å². The molecule has 42 heavy (non-hydrogen) atoms. The molecule has 0 spiro atoms. The zero-order chi connectivity index (χ0) is 28.4. The van der Waals surface area contributed by atoms with E-state index in [1.807, 2.05) is 0 Å². The van der Waals surface area contributed by atoms with Gasteiger partial charge in [-0.3, -0.25) is 0 Å². The van der Waals surface area contributed by atoms with Crippen LogP contribution in [0.15, 0.2) is 97.1 Å². The van der Waals surface area contributed by atoms with Gasteiger partial charge in [0.05, 0.1) is 0 Å². The van der Waals surface area contributed by atoms with Crippen molar-refractivity contribution in [1.82, 2.24) is 0 Å². The Kier molecular flexibility index (Phi) is 9.41. The molecule has 0 bridgehead atoms. The SMILES string of the molecule is CC1=C(c2ccccc2)C(C2=C(c3cc(C(C)(C)C)cc(C(C)(C)C)c3)[CH]([Zr+2])c3ccccc32)c2ccccc21.[Cl-].[Cl-]. The molecule has 2 aliphatic carbocycles. The van der Waals surface area contributed by atoms with Gasteiger partial charge in [-0.2, -0.15) is 0 Å². The van der Waals surface area contributed by atoms with Crippen LogP contribution in [0.4, 0.5) is 0 Å². The molecule has 4 aromatic rings. The van der Waals surface area contributed by atoms with E-state index >= 15 is 0 Å². The molecule has 0 nitrogen and oxygen atoms in total. The number of benzene rings is 4. The van der Waals surface area contributed by atoms with Crippen molar-refractivity contribution >= 4 is 22.3 Å². The van der Waals surface area contributed by atoms with E-state index in [9.17, 15) is 0 Å². The molecule has 0 saturated heterocycles. The van der Waals surface area contributed by atoms with E-state index in [0.717, 1.165) is 0 Å². The van der Waals surface area contributed by atoms with Crippen molar-refractivity contribution < 1.29 is 49.5 Å². The van der Waals surface area contributed by atoms with Crippen molar-refractivity contribution in [3.05, 3.63) is 142 Å². The summed E-state index contributed by atoms with van der Waals surface area (Å²) in [6.45, 7) is 16.4. The van der Waals surface area contributed by atoms with Gasteiger partial charge in [0, 0.05) is 0 Å². The van der Waals surface area contributed by atoms with E-state index in [0.29, 0.717) is 3.63 Å². The molecule has 2 aliphatic rings. The minimum Gasteiger partial charge on any atom is -1.00 e. The van der Waals surface area contributed by atoms with Gasteiger partial charge in [-0.05, 0) is 0 Å². The number of allylic oxidation sites excluding steroid dienone is 4. The normalized spacial score (nSPS) is 17.9. The average molecular weight is 670 g/mol. The molecule has 0 radical (unpaired) electrons. The van der Waals surface area contributed by atoms with Gasteiger partial charge >= 0.3 is 257 Å². The maximum Gasteiger partial charge on any atom is -1.00 e. The molecule has 6 rings (SSSR count). The van der Waals surface area contributed by atoms with Crippen molar-refractivity contribution in [1.29, 1.82) is 0 Å². The summed E-state index contributed by atoms with van der Waals surface area (Å²) in [6.07, 6.45) is 0. The second-order valence-corrected chi connectivity index (χ2v) is 15.0. The summed E-state index contributed by atoms with van der Waals surface area (Å²) in [4.78, 5) is 0. The van der Waals surface area contributed by atoms with Gasteiger partial charge < -0.3 is 24.8 Å². The molecule has 0 aliphatic heterocycles. The fourth-order valence-corrected chi connectivity index (χ4v) is 8.05. The van der Waals surface area contributed by atoms with E-state index in [2.05, 4.69) is 146 Å². The van der Waals surface area contributed by atoms with Crippen LogP contribution >= 0.6 is 0 Å². The summed E-state index contributed by atoms with van der Waals surface area (Å²) in [5, 5.41) is 0. The van der Waals surface area contributed by atoms with Crippen molar-refractivity contribution in [3.8, 4) is 0 Å². The quantitative estimate of drug-likeness (QED) is 0.301. The Bertz CT molecular complexity index is 1650. The fraction of sp³-hybridized carbons (Fsp3) is 0.282. The first-order valence-corrected chi connectivity index (χ1v) is 15.9. The van der Waals surface area contributed by atoms with Crippen LogP contribution in [-0.4, -0.2) is 0 Å². The minimum absolute atomic E-state index is 0. The zero-order valence-electron chi connectivity index (χ0n) is 25.6. The Labute approximate surface area is 280 Å². The molecule has 2 unspecified atom stereocenters. The molecular weight excluding hydrogens is 631 g/mol. The molecule has 0 heterocycles. The van der Waals surface area contributed by atoms with Gasteiger partial charge in [0.15, 0.2) is 0 Å². The summed E-state index contributed by atoms with van der Waals surface area (Å²) in [5.74, 6) is 0.205. The molecule has 0 saturated carbocycles. The van der Waals surface area contributed by atoms with Gasteiger partial charge in [0.2, 0.25) is 0 Å². The third-order valence-electron chi connectivity index (χ3n) is 8.86. The van der Waals surface area contributed by atoms with Crippen LogP contribution in [0.3, 0.4) is 0 Å². The molecule has 0 fully saturated rings. The standard InChI is InChI=1S/C39H39.2ClH.Zr/c1-25-31-18-13-14-20-33(31)37(35(25)26-15-9-8-10-16-26)36-32-19-12-11-17-27(32)23-34(36)28-21-29(38(2,3)4)24-30(22-28)39(5,6)7;;;/h8-24,37H,1-7H3;2*1H;/q;;;+2/p-2. The van der Waals surface area contributed by atoms with Crippen LogP contribution in [0.2, 0.25) is 0 Å². The summed E-state index contributed by atoms with van der Waals surface area (Å²) in [7, 11) is 0. The van der Waals surface area contributed by atoms with Gasteiger partial charge in [0.25, 0.3) is 0 Å². The maximum absolute atomic E-state index is 2.51. The second-order valence-electron chi connectivity index (χ2n) is 13.6. The van der Waals surface area contributed by atoms with E-state index in [1.165, 1.54) is 66.8 Å². The smallest absolute Gasteiger partial charge is 1.00 e. The largest absolute Gasteiger partial charge is 1.00 e. The topological polar surface area (TPSA) is 0 Å². The van der Waals surface area contributed by atoms with Gasteiger partial charge in [-0.15, -0.1) is 0 Å². The maximum atomic E-state index is 2.51. The van der Waals surface area contributed by atoms with Crippen molar-refractivity contribution in [2.75, 3.05) is 0 Å². The third kappa shape index (κ3) is 5.59. The molecule has 4 aromatic carbocycles. The molecule has 0 amide bonds. The molecule has 213 valence electrons. The number of fused-ring (bicyclic) bond motifs is 2. The van der Waals surface area contributed by atoms with E-state index < -0.39 is 0 Å². The van der Waals surface area contributed by atoms with Crippen molar-refractivity contribution in [2.45, 2.75) is 68.8 Å². The number of hydrogen-bond donors (Lipinski definition) is 0. The summed E-state index contributed by atoms with van der Waals surface area (Å²) in [5.41, 5.74) is 17.4. The Morgan fingerprint density at radius 3 is 1.60 bits per heavy atom. The number of halogens is 2. The average Bonchev–Trinajstić information content (AvgIpc) is 3.38. The number of hydrogen-bond acceptors (Lipinski definition) is 0. The molecule has 0 aromatic heterocycles. The van der Waals surface area contributed by atoms with Crippen LogP contribution in [0, 0.1) is 0 Å². The molecule has 2 atom stereocenters. The van der Waals surface area contributed by atoms with Crippen LogP contribution < -0.4 is 24.8 Å². The molecule has 0 N–H and O–H groups in total. The molecule has 3 heteroatoms.